The number of rotatable bonds is 8. The molecule has 1 aromatic heterocycles. The lowest BCUT2D eigenvalue weighted by molar-refractivity contribution is -0.676. The Hall–Kier alpha value is -2.96. The van der Waals surface area contributed by atoms with Crippen LogP contribution in [0.1, 0.15) is 32.4 Å². The quantitative estimate of drug-likeness (QED) is 0.576. The number of nitrogens with two attached hydrogens (primary N) is 1. The number of quaternary nitrogens is 1. The molecule has 6 heteroatoms. The predicted molar refractivity (Wildman–Crippen MR) is 109 cm³/mol. The number of thiophene rings is 1. The zero-order chi connectivity index (χ0) is 19.8. The first-order chi connectivity index (χ1) is 13.7. The van der Waals surface area contributed by atoms with Crippen LogP contribution in [0, 0.1) is 0 Å². The van der Waals surface area contributed by atoms with Gasteiger partial charge in [0.2, 0.25) is 0 Å². The Bertz CT molecular complexity index is 893. The first kappa shape index (κ1) is 19.8. The number of nitrogens with one attached hydrogen (secondary N) is 1. The Morgan fingerprint density at radius 2 is 1.79 bits per heavy atom. The fourth-order valence-corrected chi connectivity index (χ4v) is 3.77. The van der Waals surface area contributed by atoms with Crippen LogP contribution in [0.25, 0.3) is 0 Å². The van der Waals surface area contributed by atoms with Gasteiger partial charge in [0.25, 0.3) is 5.91 Å². The number of hydrogen-bond acceptors (Lipinski definition) is 4. The van der Waals surface area contributed by atoms with Crippen LogP contribution in [0.5, 0.6) is 0 Å². The second-order valence-corrected chi connectivity index (χ2v) is 7.29. The molecule has 0 spiro atoms. The SMILES string of the molecule is COC(=O)c1ccc(CNC(=O)C[NH2+][C@@H](c2ccccc2)c2cccs2)cc1. The molecule has 2 aromatic carbocycles. The summed E-state index contributed by atoms with van der Waals surface area (Å²) < 4.78 is 4.68. The molecule has 1 amide bonds. The molecule has 0 aliphatic rings. The van der Waals surface area contributed by atoms with Gasteiger partial charge in [0.05, 0.1) is 17.6 Å². The summed E-state index contributed by atoms with van der Waals surface area (Å²) in [6.45, 7) is 0.751. The molecule has 1 heterocycles. The lowest BCUT2D eigenvalue weighted by atomic mass is 10.1. The normalized spacial score (nSPS) is 11.6. The summed E-state index contributed by atoms with van der Waals surface area (Å²) in [4.78, 5) is 25.0. The first-order valence-electron chi connectivity index (χ1n) is 9.03. The highest BCUT2D eigenvalue weighted by Gasteiger charge is 2.19. The number of carbonyl (C=O) groups is 2. The summed E-state index contributed by atoms with van der Waals surface area (Å²) in [6, 6.07) is 21.4. The van der Waals surface area contributed by atoms with Crippen molar-refractivity contribution in [2.24, 2.45) is 0 Å². The minimum atomic E-state index is -0.370. The van der Waals surface area contributed by atoms with E-state index in [1.807, 2.05) is 36.4 Å². The molecular weight excluding hydrogens is 372 g/mol. The lowest BCUT2D eigenvalue weighted by Crippen LogP contribution is -2.87. The number of esters is 1. The van der Waals surface area contributed by atoms with E-state index in [2.05, 4.69) is 38.9 Å². The van der Waals surface area contributed by atoms with Gasteiger partial charge in [-0.3, -0.25) is 4.79 Å². The maximum absolute atomic E-state index is 12.3. The Morgan fingerprint density at radius 3 is 2.43 bits per heavy atom. The summed E-state index contributed by atoms with van der Waals surface area (Å²) in [5, 5.41) is 7.04. The third-order valence-electron chi connectivity index (χ3n) is 4.41. The number of benzene rings is 2. The van der Waals surface area contributed by atoms with Gasteiger partial charge in [-0.15, -0.1) is 11.3 Å². The molecule has 144 valence electrons. The molecule has 0 saturated carbocycles. The second-order valence-electron chi connectivity index (χ2n) is 6.31. The highest BCUT2D eigenvalue weighted by atomic mass is 32.1. The van der Waals surface area contributed by atoms with E-state index in [1.165, 1.54) is 17.6 Å². The number of methoxy groups -OCH3 is 1. The molecule has 0 aliphatic carbocycles. The minimum Gasteiger partial charge on any atom is -0.465 e. The van der Waals surface area contributed by atoms with E-state index in [9.17, 15) is 9.59 Å². The standard InChI is InChI=1S/C22H22N2O3S/c1-27-22(26)18-11-9-16(10-12-18)14-23-20(25)15-24-21(19-8-5-13-28-19)17-6-3-2-4-7-17/h2-13,21,24H,14-15H2,1H3,(H,23,25)/p+1/t21-/m0/s1. The van der Waals surface area contributed by atoms with Gasteiger partial charge in [0.15, 0.2) is 6.54 Å². The molecule has 0 radical (unpaired) electrons. The van der Waals surface area contributed by atoms with Crippen molar-refractivity contribution in [2.75, 3.05) is 13.7 Å². The van der Waals surface area contributed by atoms with Crippen molar-refractivity contribution < 1.29 is 19.6 Å². The Labute approximate surface area is 168 Å². The predicted octanol–water partition coefficient (Wildman–Crippen LogP) is 2.50. The van der Waals surface area contributed by atoms with Crippen LogP contribution in [0.2, 0.25) is 0 Å². The first-order valence-corrected chi connectivity index (χ1v) is 9.91. The van der Waals surface area contributed by atoms with Crippen molar-refractivity contribution in [1.82, 2.24) is 5.32 Å². The largest absolute Gasteiger partial charge is 0.465 e. The topological polar surface area (TPSA) is 72.0 Å². The van der Waals surface area contributed by atoms with E-state index in [0.29, 0.717) is 18.7 Å². The number of amides is 1. The Balaban J connectivity index is 1.54. The van der Waals surface area contributed by atoms with Gasteiger partial charge in [-0.1, -0.05) is 48.5 Å². The lowest BCUT2D eigenvalue weighted by Gasteiger charge is -2.14. The van der Waals surface area contributed by atoms with Crippen molar-refractivity contribution >= 4 is 23.2 Å². The zero-order valence-electron chi connectivity index (χ0n) is 15.6. The third kappa shape index (κ3) is 5.28. The van der Waals surface area contributed by atoms with Gasteiger partial charge in [0, 0.05) is 12.1 Å². The summed E-state index contributed by atoms with van der Waals surface area (Å²) >= 11 is 1.69. The van der Waals surface area contributed by atoms with Gasteiger partial charge >= 0.3 is 5.97 Å². The number of ether oxygens (including phenoxy) is 1. The molecule has 3 rings (SSSR count). The molecule has 0 fully saturated rings. The van der Waals surface area contributed by atoms with Crippen LogP contribution in [0.3, 0.4) is 0 Å². The Kier molecular flexibility index (Phi) is 6.94. The summed E-state index contributed by atoms with van der Waals surface area (Å²) in [5.41, 5.74) is 2.60. The van der Waals surface area contributed by atoms with E-state index in [0.717, 1.165) is 5.56 Å². The Morgan fingerprint density at radius 1 is 1.04 bits per heavy atom. The van der Waals surface area contributed by atoms with E-state index in [1.54, 1.807) is 23.5 Å². The van der Waals surface area contributed by atoms with Crippen molar-refractivity contribution in [3.8, 4) is 0 Å². The molecular formula is C22H23N2O3S+. The number of hydrogen-bond donors (Lipinski definition) is 2. The summed E-state index contributed by atoms with van der Waals surface area (Å²) in [6.07, 6.45) is 0. The summed E-state index contributed by atoms with van der Waals surface area (Å²) in [5.74, 6) is -0.403. The fraction of sp³-hybridized carbons (Fsp3) is 0.182. The van der Waals surface area contributed by atoms with Crippen LogP contribution in [-0.4, -0.2) is 25.5 Å². The second kappa shape index (κ2) is 9.82. The average Bonchev–Trinajstić information content (AvgIpc) is 3.27. The van der Waals surface area contributed by atoms with Crippen molar-refractivity contribution in [1.29, 1.82) is 0 Å². The minimum absolute atomic E-state index is 0.0328. The van der Waals surface area contributed by atoms with Crippen LogP contribution in [0.4, 0.5) is 0 Å². The maximum Gasteiger partial charge on any atom is 0.337 e. The van der Waals surface area contributed by atoms with Gasteiger partial charge in [-0.05, 0) is 29.1 Å². The van der Waals surface area contributed by atoms with E-state index < -0.39 is 0 Å². The smallest absolute Gasteiger partial charge is 0.337 e. The average molecular weight is 396 g/mol. The van der Waals surface area contributed by atoms with Crippen LogP contribution < -0.4 is 10.6 Å². The highest BCUT2D eigenvalue weighted by molar-refractivity contribution is 7.10. The fourth-order valence-electron chi connectivity index (χ4n) is 2.92. The van der Waals surface area contributed by atoms with Crippen LogP contribution >= 0.6 is 11.3 Å². The molecule has 5 nitrogen and oxygen atoms in total. The molecule has 0 bridgehead atoms. The van der Waals surface area contributed by atoms with Gasteiger partial charge < -0.3 is 15.4 Å². The molecule has 3 aromatic rings. The van der Waals surface area contributed by atoms with E-state index >= 15 is 0 Å². The molecule has 1 atom stereocenters. The zero-order valence-corrected chi connectivity index (χ0v) is 16.4. The molecule has 3 N–H and O–H groups in total. The van der Waals surface area contributed by atoms with Gasteiger partial charge in [-0.25, -0.2) is 4.79 Å². The van der Waals surface area contributed by atoms with Crippen molar-refractivity contribution in [3.05, 3.63) is 93.7 Å². The molecule has 28 heavy (non-hydrogen) atoms. The van der Waals surface area contributed by atoms with Crippen molar-refractivity contribution in [2.45, 2.75) is 12.6 Å². The highest BCUT2D eigenvalue weighted by Crippen LogP contribution is 2.22. The third-order valence-corrected chi connectivity index (χ3v) is 5.37. The molecule has 0 saturated heterocycles. The van der Waals surface area contributed by atoms with Gasteiger partial charge in [-0.2, -0.15) is 0 Å². The maximum atomic E-state index is 12.3. The monoisotopic (exact) mass is 395 g/mol. The summed E-state index contributed by atoms with van der Waals surface area (Å²) in [7, 11) is 1.35. The van der Waals surface area contributed by atoms with Crippen LogP contribution in [-0.2, 0) is 16.1 Å². The molecule has 0 unspecified atom stereocenters. The van der Waals surface area contributed by atoms with Crippen LogP contribution in [0.15, 0.2) is 72.1 Å². The molecule has 0 aliphatic heterocycles. The van der Waals surface area contributed by atoms with E-state index in [4.69, 9.17) is 0 Å². The van der Waals surface area contributed by atoms with Gasteiger partial charge in [0.1, 0.15) is 6.04 Å². The van der Waals surface area contributed by atoms with E-state index in [-0.39, 0.29) is 17.9 Å². The van der Waals surface area contributed by atoms with Crippen molar-refractivity contribution in [3.63, 3.8) is 0 Å². The number of carbonyl (C=O) groups excluding carboxylic acids is 2.